The molecular weight excluding hydrogens is 690 g/mol. The van der Waals surface area contributed by atoms with Crippen molar-refractivity contribution in [2.75, 3.05) is 41.8 Å². The van der Waals surface area contributed by atoms with Crippen LogP contribution in [0.1, 0.15) is 74.9 Å². The summed E-state index contributed by atoms with van der Waals surface area (Å²) in [5.74, 6) is -0.457. The first-order chi connectivity index (χ1) is 26.1. The van der Waals surface area contributed by atoms with Gasteiger partial charge in [-0.05, 0) is 69.6 Å². The number of fused-ring (bicyclic) bond motifs is 2. The molecule has 16 heteroatoms. The smallest absolute Gasteiger partial charge is 0.262 e. The number of aromatic nitrogens is 5. The first-order valence-corrected chi connectivity index (χ1v) is 18.0. The van der Waals surface area contributed by atoms with Gasteiger partial charge in [0, 0.05) is 56.1 Å². The number of hydrogen-bond donors (Lipinski definition) is 2. The number of carbonyl (C=O) groups excluding carboxylic acids is 5. The van der Waals surface area contributed by atoms with Crippen LogP contribution in [0.25, 0.3) is 11.5 Å². The Labute approximate surface area is 310 Å². The van der Waals surface area contributed by atoms with Gasteiger partial charge >= 0.3 is 0 Å². The van der Waals surface area contributed by atoms with Crippen molar-refractivity contribution in [1.82, 2.24) is 39.8 Å². The summed E-state index contributed by atoms with van der Waals surface area (Å²) in [6, 6.07) is 11.3. The molecule has 8 rings (SSSR count). The lowest BCUT2D eigenvalue weighted by molar-refractivity contribution is -0.136. The molecule has 0 aliphatic carbocycles. The van der Waals surface area contributed by atoms with Gasteiger partial charge in [0.2, 0.25) is 11.8 Å². The highest BCUT2D eigenvalue weighted by atomic mass is 16.2. The summed E-state index contributed by atoms with van der Waals surface area (Å²) in [4.78, 5) is 81.3. The SMILES string of the molecule is C=C1CCCN1c1cc2c(c(CN(C)CCNc3ccc4c(c3)C(=O)N(C3CCC(=O)NC3=O)C4=O)n1)CN(c1cccc(-c3nncn3CC)n1)C2=O. The van der Waals surface area contributed by atoms with E-state index in [-0.39, 0.29) is 29.9 Å². The summed E-state index contributed by atoms with van der Waals surface area (Å²) in [6.07, 6.45) is 3.66. The van der Waals surface area contributed by atoms with Gasteiger partial charge in [-0.1, -0.05) is 12.6 Å². The number of hydrogen-bond acceptors (Lipinski definition) is 12. The van der Waals surface area contributed by atoms with Gasteiger partial charge in [-0.2, -0.15) is 0 Å². The molecule has 0 saturated carbocycles. The number of rotatable bonds is 11. The van der Waals surface area contributed by atoms with Crippen molar-refractivity contribution in [3.05, 3.63) is 89.0 Å². The monoisotopic (exact) mass is 729 g/mol. The van der Waals surface area contributed by atoms with Crippen molar-refractivity contribution in [1.29, 1.82) is 0 Å². The summed E-state index contributed by atoms with van der Waals surface area (Å²) >= 11 is 0. The van der Waals surface area contributed by atoms with Crippen molar-refractivity contribution >= 4 is 46.9 Å². The van der Waals surface area contributed by atoms with Crippen LogP contribution in [-0.4, -0.2) is 96.8 Å². The fourth-order valence-corrected chi connectivity index (χ4v) is 7.51. The maximum Gasteiger partial charge on any atom is 0.262 e. The van der Waals surface area contributed by atoms with Crippen LogP contribution in [0.5, 0.6) is 0 Å². The lowest BCUT2D eigenvalue weighted by Gasteiger charge is -2.27. The van der Waals surface area contributed by atoms with Crippen molar-refractivity contribution in [3.63, 3.8) is 0 Å². The Kier molecular flexibility index (Phi) is 8.97. The van der Waals surface area contributed by atoms with Crippen LogP contribution < -0.4 is 20.4 Å². The number of allylic oxidation sites excluding steroid dienone is 1. The fourth-order valence-electron chi connectivity index (χ4n) is 7.51. The maximum atomic E-state index is 14.1. The quantitative estimate of drug-likeness (QED) is 0.216. The van der Waals surface area contributed by atoms with Gasteiger partial charge in [-0.3, -0.25) is 44.0 Å². The lowest BCUT2D eigenvalue weighted by Crippen LogP contribution is -2.54. The molecule has 1 aromatic carbocycles. The standard InChI is InChI=1S/C38H39N11O5/c1-4-46-21-40-44-34(46)28-8-5-9-31(41-28)48-19-27-26(36(48)52)18-32(47-15-6-7-22(47)2)42-29(27)20-45(3)16-14-39-23-10-11-24-25(17-23)38(54)49(37(24)53)30-12-13-33(50)43-35(30)51/h5,8-11,17-18,21,30,39H,2,4,6-7,12-16,19-20H2,1,3H3,(H,43,50,51). The Hall–Kier alpha value is -6.29. The number of carbonyl (C=O) groups is 5. The largest absolute Gasteiger partial charge is 0.384 e. The van der Waals surface area contributed by atoms with Gasteiger partial charge in [0.15, 0.2) is 5.82 Å². The van der Waals surface area contributed by atoms with E-state index in [0.717, 1.165) is 41.2 Å². The number of aryl methyl sites for hydroxylation is 1. The fraction of sp³-hybridized carbons (Fsp3) is 0.342. The molecule has 4 aliphatic heterocycles. The highest BCUT2D eigenvalue weighted by molar-refractivity contribution is 6.23. The molecule has 5 amide bonds. The zero-order valence-corrected chi connectivity index (χ0v) is 30.0. The molecule has 16 nitrogen and oxygen atoms in total. The van der Waals surface area contributed by atoms with Gasteiger partial charge in [0.1, 0.15) is 29.7 Å². The Morgan fingerprint density at radius 1 is 0.944 bits per heavy atom. The molecule has 2 saturated heterocycles. The highest BCUT2D eigenvalue weighted by Gasteiger charge is 2.44. The molecule has 1 atom stereocenters. The van der Waals surface area contributed by atoms with Crippen molar-refractivity contribution < 1.29 is 24.0 Å². The predicted octanol–water partition coefficient (Wildman–Crippen LogP) is 2.97. The molecular formula is C38H39N11O5. The maximum absolute atomic E-state index is 14.1. The number of nitrogens with zero attached hydrogens (tertiary/aromatic N) is 9. The molecule has 7 heterocycles. The van der Waals surface area contributed by atoms with Crippen molar-refractivity contribution in [2.45, 2.75) is 58.3 Å². The summed E-state index contributed by atoms with van der Waals surface area (Å²) in [5, 5.41) is 13.8. The molecule has 2 N–H and O–H groups in total. The zero-order chi connectivity index (χ0) is 37.7. The van der Waals surface area contributed by atoms with E-state index in [1.54, 1.807) is 29.4 Å². The minimum absolute atomic E-state index is 0.0602. The molecule has 1 unspecified atom stereocenters. The number of pyridine rings is 2. The van der Waals surface area contributed by atoms with Gasteiger partial charge in [0.05, 0.1) is 28.9 Å². The summed E-state index contributed by atoms with van der Waals surface area (Å²) < 4.78 is 1.90. The summed E-state index contributed by atoms with van der Waals surface area (Å²) in [5.41, 5.74) is 4.91. The lowest BCUT2D eigenvalue weighted by atomic mass is 10.0. The van der Waals surface area contributed by atoms with E-state index in [9.17, 15) is 24.0 Å². The topological polar surface area (TPSA) is 179 Å². The van der Waals surface area contributed by atoms with E-state index in [1.165, 1.54) is 0 Å². The second-order valence-corrected chi connectivity index (χ2v) is 13.9. The second kappa shape index (κ2) is 13.9. The van der Waals surface area contributed by atoms with Gasteiger partial charge in [-0.25, -0.2) is 9.97 Å². The first-order valence-electron chi connectivity index (χ1n) is 18.0. The van der Waals surface area contributed by atoms with Crippen LogP contribution in [0.2, 0.25) is 0 Å². The minimum Gasteiger partial charge on any atom is -0.384 e. The van der Waals surface area contributed by atoms with Crippen LogP contribution in [-0.2, 0) is 29.2 Å². The predicted molar refractivity (Wildman–Crippen MR) is 197 cm³/mol. The number of anilines is 3. The Morgan fingerprint density at radius 3 is 2.56 bits per heavy atom. The van der Waals surface area contributed by atoms with Crippen LogP contribution >= 0.6 is 0 Å². The van der Waals surface area contributed by atoms with Gasteiger partial charge in [-0.15, -0.1) is 10.2 Å². The first kappa shape index (κ1) is 34.8. The van der Waals surface area contributed by atoms with E-state index in [4.69, 9.17) is 9.97 Å². The molecule has 3 aromatic heterocycles. The third-order valence-electron chi connectivity index (χ3n) is 10.4. The number of likely N-dealkylation sites (N-methyl/N-ethyl adjacent to an activating group) is 1. The summed E-state index contributed by atoms with van der Waals surface area (Å²) in [6.45, 7) is 9.58. The third kappa shape index (κ3) is 6.17. The average molecular weight is 730 g/mol. The molecule has 2 fully saturated rings. The molecule has 0 radical (unpaired) electrons. The van der Waals surface area contributed by atoms with E-state index in [0.29, 0.717) is 67.1 Å². The molecule has 54 heavy (non-hydrogen) atoms. The average Bonchev–Trinajstić information content (AvgIpc) is 3.95. The van der Waals surface area contributed by atoms with Crippen LogP contribution in [0.15, 0.2) is 61.1 Å². The normalized spacial score (nSPS) is 18.3. The Bertz CT molecular complexity index is 2250. The Balaban J connectivity index is 0.978. The van der Waals surface area contributed by atoms with E-state index < -0.39 is 29.7 Å². The van der Waals surface area contributed by atoms with Crippen molar-refractivity contribution in [2.24, 2.45) is 0 Å². The number of amides is 5. The van der Waals surface area contributed by atoms with Crippen LogP contribution in [0, 0.1) is 0 Å². The van der Waals surface area contributed by atoms with E-state index >= 15 is 0 Å². The summed E-state index contributed by atoms with van der Waals surface area (Å²) in [7, 11) is 1.98. The minimum atomic E-state index is -1.02. The number of piperidine rings is 1. The third-order valence-corrected chi connectivity index (χ3v) is 10.4. The van der Waals surface area contributed by atoms with Gasteiger partial charge < -0.3 is 14.8 Å². The van der Waals surface area contributed by atoms with E-state index in [1.807, 2.05) is 42.8 Å². The molecule has 0 spiro atoms. The van der Waals surface area contributed by atoms with Crippen LogP contribution in [0.4, 0.5) is 17.3 Å². The van der Waals surface area contributed by atoms with E-state index in [2.05, 4.69) is 37.2 Å². The second-order valence-electron chi connectivity index (χ2n) is 13.9. The number of nitrogens with one attached hydrogen (secondary N) is 2. The number of imide groups is 2. The Morgan fingerprint density at radius 2 is 1.78 bits per heavy atom. The highest BCUT2D eigenvalue weighted by Crippen LogP contribution is 2.35. The van der Waals surface area contributed by atoms with Gasteiger partial charge in [0.25, 0.3) is 17.7 Å². The zero-order valence-electron chi connectivity index (χ0n) is 30.0. The van der Waals surface area contributed by atoms with Crippen molar-refractivity contribution in [3.8, 4) is 11.5 Å². The molecule has 276 valence electrons. The van der Waals surface area contributed by atoms with Crippen LogP contribution in [0.3, 0.4) is 0 Å². The molecule has 4 aromatic rings. The molecule has 4 aliphatic rings. The molecule has 0 bridgehead atoms. The number of benzene rings is 1.